The molecule has 1 aromatic heterocycles. The smallest absolute Gasteiger partial charge is 0.336 e. The Morgan fingerprint density at radius 1 is 1.40 bits per heavy atom. The minimum atomic E-state index is -0.560. The first-order chi connectivity index (χ1) is 12.1. The summed E-state index contributed by atoms with van der Waals surface area (Å²) < 4.78 is 16.4. The molecule has 0 aliphatic carbocycles. The number of oxazole rings is 1. The van der Waals surface area contributed by atoms with E-state index >= 15 is 0 Å². The molecule has 25 heavy (non-hydrogen) atoms. The Labute approximate surface area is 147 Å². The van der Waals surface area contributed by atoms with Crippen LogP contribution in [0.2, 0.25) is 0 Å². The summed E-state index contributed by atoms with van der Waals surface area (Å²) in [6, 6.07) is 9.97. The van der Waals surface area contributed by atoms with E-state index in [0.717, 1.165) is 30.0 Å². The summed E-state index contributed by atoms with van der Waals surface area (Å²) in [4.78, 5) is 18.6. The van der Waals surface area contributed by atoms with Crippen molar-refractivity contribution in [3.8, 4) is 11.3 Å². The van der Waals surface area contributed by atoms with Crippen LogP contribution in [0.15, 0.2) is 34.7 Å². The van der Waals surface area contributed by atoms with Crippen LogP contribution < -0.4 is 0 Å². The number of aryl methyl sites for hydroxylation is 1. The zero-order valence-electron chi connectivity index (χ0n) is 14.9. The predicted molar refractivity (Wildman–Crippen MR) is 93.1 cm³/mol. The van der Waals surface area contributed by atoms with Crippen molar-refractivity contribution in [2.24, 2.45) is 0 Å². The number of rotatable bonds is 5. The molecular weight excluding hydrogens is 320 g/mol. The minimum Gasteiger partial charge on any atom is -0.467 e. The van der Waals surface area contributed by atoms with Crippen molar-refractivity contribution in [1.29, 1.82) is 0 Å². The molecule has 1 aromatic carbocycles. The molecule has 1 saturated heterocycles. The van der Waals surface area contributed by atoms with Gasteiger partial charge >= 0.3 is 5.97 Å². The number of carbonyl (C=O) groups is 1. The van der Waals surface area contributed by atoms with Crippen molar-refractivity contribution in [2.75, 3.05) is 26.8 Å². The van der Waals surface area contributed by atoms with Gasteiger partial charge in [-0.05, 0) is 13.3 Å². The second-order valence-corrected chi connectivity index (χ2v) is 6.10. The van der Waals surface area contributed by atoms with E-state index in [9.17, 15) is 4.79 Å². The summed E-state index contributed by atoms with van der Waals surface area (Å²) in [5, 5.41) is 0. The van der Waals surface area contributed by atoms with E-state index in [1.54, 1.807) is 0 Å². The molecule has 2 heterocycles. The van der Waals surface area contributed by atoms with Crippen LogP contribution in [0.5, 0.6) is 0 Å². The van der Waals surface area contributed by atoms with E-state index in [4.69, 9.17) is 18.9 Å². The van der Waals surface area contributed by atoms with Crippen LogP contribution in [0.1, 0.15) is 31.5 Å². The summed E-state index contributed by atoms with van der Waals surface area (Å²) >= 11 is 0. The fraction of sp³-hybridized carbons (Fsp3) is 0.474. The molecule has 0 N–H and O–H groups in total. The molecule has 0 saturated carbocycles. The van der Waals surface area contributed by atoms with Crippen LogP contribution in [-0.2, 0) is 20.7 Å². The zero-order valence-corrected chi connectivity index (χ0v) is 14.9. The highest BCUT2D eigenvalue weighted by Gasteiger charge is 2.32. The lowest BCUT2D eigenvalue weighted by atomic mass is 10.1. The molecule has 6 heteroatoms. The van der Waals surface area contributed by atoms with E-state index in [-0.39, 0.29) is 12.0 Å². The number of benzene rings is 1. The normalized spacial score (nSPS) is 19.6. The molecule has 1 aliphatic rings. The first-order valence-electron chi connectivity index (χ1n) is 8.62. The number of aromatic nitrogens is 1. The van der Waals surface area contributed by atoms with Crippen molar-refractivity contribution in [3.05, 3.63) is 41.9 Å². The topological polar surface area (TPSA) is 64.8 Å². The van der Waals surface area contributed by atoms with Crippen molar-refractivity contribution in [2.45, 2.75) is 32.4 Å². The third kappa shape index (κ3) is 3.75. The molecule has 3 rings (SSSR count). The maximum absolute atomic E-state index is 11.7. The standard InChI is InChI=1S/C19H24N2O4/c1-4-15-17(14-8-6-5-7-9-14)25-18(20-15)13(2)21-10-11-24-16(12-21)19(22)23-3/h5-9,13,16H,4,10-12H2,1-3H3/t13-,16-/m0/s1. The van der Waals surface area contributed by atoms with E-state index in [1.165, 1.54) is 7.11 Å². The van der Waals surface area contributed by atoms with Gasteiger partial charge in [-0.3, -0.25) is 4.90 Å². The Hall–Kier alpha value is -2.18. The van der Waals surface area contributed by atoms with Gasteiger partial charge in [-0.15, -0.1) is 0 Å². The first kappa shape index (κ1) is 17.6. The summed E-state index contributed by atoms with van der Waals surface area (Å²) in [7, 11) is 1.38. The van der Waals surface area contributed by atoms with E-state index in [0.29, 0.717) is 19.0 Å². The number of ether oxygens (including phenoxy) is 2. The van der Waals surface area contributed by atoms with Gasteiger partial charge in [-0.25, -0.2) is 9.78 Å². The molecule has 134 valence electrons. The third-order valence-corrected chi connectivity index (χ3v) is 4.55. The van der Waals surface area contributed by atoms with Gasteiger partial charge in [0.25, 0.3) is 0 Å². The van der Waals surface area contributed by atoms with Crippen molar-refractivity contribution >= 4 is 5.97 Å². The highest BCUT2D eigenvalue weighted by Crippen LogP contribution is 2.30. The van der Waals surface area contributed by atoms with Crippen LogP contribution in [0, 0.1) is 0 Å². The zero-order chi connectivity index (χ0) is 17.8. The number of carbonyl (C=O) groups excluding carboxylic acids is 1. The average molecular weight is 344 g/mol. The minimum absolute atomic E-state index is 0.0428. The Morgan fingerprint density at radius 2 is 2.16 bits per heavy atom. The van der Waals surface area contributed by atoms with Crippen LogP contribution in [0.4, 0.5) is 0 Å². The molecule has 2 aromatic rings. The Balaban J connectivity index is 1.81. The fourth-order valence-electron chi connectivity index (χ4n) is 3.05. The maximum atomic E-state index is 11.7. The van der Waals surface area contributed by atoms with Gasteiger partial charge in [0.2, 0.25) is 5.89 Å². The lowest BCUT2D eigenvalue weighted by Gasteiger charge is -2.34. The molecule has 1 aliphatic heterocycles. The molecule has 0 bridgehead atoms. The summed E-state index contributed by atoms with van der Waals surface area (Å²) in [6.45, 7) is 5.79. The molecule has 1 fully saturated rings. The van der Waals surface area contributed by atoms with Crippen LogP contribution in [0.25, 0.3) is 11.3 Å². The van der Waals surface area contributed by atoms with Gasteiger partial charge in [0.1, 0.15) is 0 Å². The van der Waals surface area contributed by atoms with Crippen molar-refractivity contribution in [1.82, 2.24) is 9.88 Å². The van der Waals surface area contributed by atoms with Crippen molar-refractivity contribution < 1.29 is 18.7 Å². The third-order valence-electron chi connectivity index (χ3n) is 4.55. The second-order valence-electron chi connectivity index (χ2n) is 6.10. The predicted octanol–water partition coefficient (Wildman–Crippen LogP) is 2.84. The maximum Gasteiger partial charge on any atom is 0.336 e. The Bertz CT molecular complexity index is 713. The number of morpholine rings is 1. The highest BCUT2D eigenvalue weighted by atomic mass is 16.6. The molecule has 0 amide bonds. The fourth-order valence-corrected chi connectivity index (χ4v) is 3.05. The molecule has 6 nitrogen and oxygen atoms in total. The molecule has 0 spiro atoms. The van der Waals surface area contributed by atoms with Crippen LogP contribution >= 0.6 is 0 Å². The van der Waals surface area contributed by atoms with E-state index in [2.05, 4.69) is 11.8 Å². The highest BCUT2D eigenvalue weighted by molar-refractivity contribution is 5.74. The van der Waals surface area contributed by atoms with Crippen LogP contribution in [-0.4, -0.2) is 48.8 Å². The number of nitrogens with zero attached hydrogens (tertiary/aromatic N) is 2. The average Bonchev–Trinajstić information content (AvgIpc) is 3.12. The number of methoxy groups -OCH3 is 1. The van der Waals surface area contributed by atoms with Crippen LogP contribution in [0.3, 0.4) is 0 Å². The summed E-state index contributed by atoms with van der Waals surface area (Å²) in [5.74, 6) is 1.15. The van der Waals surface area contributed by atoms with Gasteiger partial charge in [0, 0.05) is 18.7 Å². The first-order valence-corrected chi connectivity index (χ1v) is 8.62. The quantitative estimate of drug-likeness (QED) is 0.777. The number of esters is 1. The number of hydrogen-bond acceptors (Lipinski definition) is 6. The van der Waals surface area contributed by atoms with Crippen molar-refractivity contribution in [3.63, 3.8) is 0 Å². The number of hydrogen-bond donors (Lipinski definition) is 0. The molecule has 0 radical (unpaired) electrons. The SMILES string of the molecule is CCc1nc([C@H](C)N2CCO[C@H](C(=O)OC)C2)oc1-c1ccccc1. The Kier molecular flexibility index (Phi) is 5.50. The summed E-state index contributed by atoms with van der Waals surface area (Å²) in [6.07, 6.45) is 0.240. The van der Waals surface area contributed by atoms with Gasteiger partial charge in [0.15, 0.2) is 11.9 Å². The van der Waals surface area contributed by atoms with E-state index in [1.807, 2.05) is 37.3 Å². The monoisotopic (exact) mass is 344 g/mol. The molecule has 0 unspecified atom stereocenters. The van der Waals surface area contributed by atoms with Gasteiger partial charge < -0.3 is 13.9 Å². The van der Waals surface area contributed by atoms with E-state index < -0.39 is 6.10 Å². The van der Waals surface area contributed by atoms with Gasteiger partial charge in [-0.2, -0.15) is 0 Å². The lowest BCUT2D eigenvalue weighted by Crippen LogP contribution is -2.47. The largest absolute Gasteiger partial charge is 0.467 e. The van der Waals surface area contributed by atoms with Gasteiger partial charge in [-0.1, -0.05) is 37.3 Å². The lowest BCUT2D eigenvalue weighted by molar-refractivity contribution is -0.161. The van der Waals surface area contributed by atoms with Gasteiger partial charge in [0.05, 0.1) is 25.5 Å². The molecular formula is C19H24N2O4. The second kappa shape index (κ2) is 7.80. The summed E-state index contributed by atoms with van der Waals surface area (Å²) in [5.41, 5.74) is 1.98. The Morgan fingerprint density at radius 3 is 2.84 bits per heavy atom. The molecule has 2 atom stereocenters.